The van der Waals surface area contributed by atoms with Crippen molar-refractivity contribution in [2.24, 2.45) is 7.05 Å². The van der Waals surface area contributed by atoms with Gasteiger partial charge in [-0.15, -0.1) is 0 Å². The maximum atomic E-state index is 12.9. The van der Waals surface area contributed by atoms with Crippen molar-refractivity contribution in [2.75, 3.05) is 13.1 Å². The number of amides is 1. The Morgan fingerprint density at radius 2 is 2.15 bits per heavy atom. The summed E-state index contributed by atoms with van der Waals surface area (Å²) in [5, 5.41) is 8.05. The standard InChI is InChI=1S/C18H18FN5O3/c1-23-15(6-8-20-23)18(25)24-9-7-12(10-24)17-21-16(27-22-17)11-26-14-4-2-13(19)3-5-14/h2-6,8,12H,7,9-11H2,1H3. The van der Waals surface area contributed by atoms with Crippen LogP contribution in [-0.4, -0.2) is 43.8 Å². The highest BCUT2D eigenvalue weighted by atomic mass is 19.1. The van der Waals surface area contributed by atoms with E-state index in [1.807, 2.05) is 0 Å². The molecule has 1 atom stereocenters. The van der Waals surface area contributed by atoms with Gasteiger partial charge in [-0.2, -0.15) is 10.1 Å². The van der Waals surface area contributed by atoms with Crippen LogP contribution in [0.15, 0.2) is 41.1 Å². The second kappa shape index (κ2) is 7.18. The van der Waals surface area contributed by atoms with Gasteiger partial charge in [0.15, 0.2) is 12.4 Å². The van der Waals surface area contributed by atoms with Gasteiger partial charge in [0.2, 0.25) is 0 Å². The molecule has 8 nitrogen and oxygen atoms in total. The SMILES string of the molecule is Cn1nccc1C(=O)N1CCC(c2noc(COc3ccc(F)cc3)n2)C1. The third-order valence-corrected chi connectivity index (χ3v) is 4.54. The first kappa shape index (κ1) is 17.2. The summed E-state index contributed by atoms with van der Waals surface area (Å²) in [6.07, 6.45) is 2.37. The van der Waals surface area contributed by atoms with Gasteiger partial charge in [0.1, 0.15) is 17.3 Å². The zero-order valence-electron chi connectivity index (χ0n) is 14.7. The Morgan fingerprint density at radius 3 is 2.89 bits per heavy atom. The highest BCUT2D eigenvalue weighted by Crippen LogP contribution is 2.26. The Hall–Kier alpha value is -3.23. The predicted octanol–water partition coefficient (Wildman–Crippen LogP) is 2.15. The molecule has 1 unspecified atom stereocenters. The fraction of sp³-hybridized carbons (Fsp3) is 0.333. The lowest BCUT2D eigenvalue weighted by molar-refractivity contribution is 0.0779. The van der Waals surface area contributed by atoms with Crippen LogP contribution in [0, 0.1) is 5.82 Å². The maximum absolute atomic E-state index is 12.9. The molecule has 0 saturated carbocycles. The summed E-state index contributed by atoms with van der Waals surface area (Å²) < 4.78 is 25.2. The molecule has 1 fully saturated rings. The van der Waals surface area contributed by atoms with Gasteiger partial charge < -0.3 is 14.2 Å². The van der Waals surface area contributed by atoms with E-state index in [0.717, 1.165) is 6.42 Å². The Bertz CT molecular complexity index is 937. The number of hydrogen-bond acceptors (Lipinski definition) is 6. The number of ether oxygens (including phenoxy) is 1. The molecule has 9 heteroatoms. The zero-order valence-corrected chi connectivity index (χ0v) is 14.7. The van der Waals surface area contributed by atoms with Gasteiger partial charge in [-0.05, 0) is 36.8 Å². The van der Waals surface area contributed by atoms with Gasteiger partial charge >= 0.3 is 0 Å². The molecule has 1 aromatic carbocycles. The van der Waals surface area contributed by atoms with Gasteiger partial charge in [-0.25, -0.2) is 4.39 Å². The van der Waals surface area contributed by atoms with E-state index in [0.29, 0.717) is 36.2 Å². The van der Waals surface area contributed by atoms with Crippen molar-refractivity contribution in [3.05, 3.63) is 59.8 Å². The quantitative estimate of drug-likeness (QED) is 0.683. The summed E-state index contributed by atoms with van der Waals surface area (Å²) in [6, 6.07) is 7.41. The van der Waals surface area contributed by atoms with Crippen molar-refractivity contribution in [3.8, 4) is 5.75 Å². The monoisotopic (exact) mass is 371 g/mol. The Labute approximate surface area is 154 Å². The first-order chi connectivity index (χ1) is 13.1. The summed E-state index contributed by atoms with van der Waals surface area (Å²) >= 11 is 0. The van der Waals surface area contributed by atoms with Crippen LogP contribution in [0.3, 0.4) is 0 Å². The number of rotatable bonds is 5. The van der Waals surface area contributed by atoms with Crippen LogP contribution < -0.4 is 4.74 Å². The normalized spacial score (nSPS) is 16.7. The fourth-order valence-corrected chi connectivity index (χ4v) is 3.07. The highest BCUT2D eigenvalue weighted by Gasteiger charge is 2.32. The Morgan fingerprint density at radius 1 is 1.33 bits per heavy atom. The molecule has 4 rings (SSSR count). The average Bonchev–Trinajstić information content (AvgIpc) is 3.41. The summed E-state index contributed by atoms with van der Waals surface area (Å²) in [4.78, 5) is 18.7. The van der Waals surface area contributed by atoms with Crippen LogP contribution in [0.1, 0.15) is 34.5 Å². The van der Waals surface area contributed by atoms with Crippen molar-refractivity contribution in [1.29, 1.82) is 0 Å². The van der Waals surface area contributed by atoms with Crippen molar-refractivity contribution < 1.29 is 18.4 Å². The molecular weight excluding hydrogens is 353 g/mol. The first-order valence-electron chi connectivity index (χ1n) is 8.58. The number of carbonyl (C=O) groups is 1. The minimum absolute atomic E-state index is 0.0190. The number of likely N-dealkylation sites (tertiary alicyclic amines) is 1. The van der Waals surface area contributed by atoms with Gasteiger partial charge in [-0.1, -0.05) is 5.16 Å². The van der Waals surface area contributed by atoms with E-state index in [4.69, 9.17) is 9.26 Å². The Balaban J connectivity index is 1.35. The second-order valence-corrected chi connectivity index (χ2v) is 6.37. The third-order valence-electron chi connectivity index (χ3n) is 4.54. The molecule has 0 aliphatic carbocycles. The van der Waals surface area contributed by atoms with E-state index in [9.17, 15) is 9.18 Å². The fourth-order valence-electron chi connectivity index (χ4n) is 3.07. The molecule has 1 saturated heterocycles. The van der Waals surface area contributed by atoms with Crippen LogP contribution in [0.4, 0.5) is 4.39 Å². The van der Waals surface area contributed by atoms with Crippen LogP contribution in [0.2, 0.25) is 0 Å². The largest absolute Gasteiger partial charge is 0.484 e. The van der Waals surface area contributed by atoms with Gasteiger partial charge in [0, 0.05) is 32.3 Å². The molecule has 0 bridgehead atoms. The van der Waals surface area contributed by atoms with E-state index in [1.54, 1.807) is 28.9 Å². The van der Waals surface area contributed by atoms with Crippen LogP contribution in [0.5, 0.6) is 5.75 Å². The molecule has 0 N–H and O–H groups in total. The molecule has 3 aromatic rings. The molecule has 1 amide bonds. The van der Waals surface area contributed by atoms with Crippen LogP contribution in [-0.2, 0) is 13.7 Å². The summed E-state index contributed by atoms with van der Waals surface area (Å²) in [6.45, 7) is 1.26. The molecule has 1 aliphatic rings. The van der Waals surface area contributed by atoms with E-state index >= 15 is 0 Å². The number of aromatic nitrogens is 4. The van der Waals surface area contributed by atoms with E-state index in [-0.39, 0.29) is 24.2 Å². The summed E-state index contributed by atoms with van der Waals surface area (Å²) in [7, 11) is 1.74. The zero-order chi connectivity index (χ0) is 18.8. The number of carbonyl (C=O) groups excluding carboxylic acids is 1. The van der Waals surface area contributed by atoms with Crippen molar-refractivity contribution in [2.45, 2.75) is 18.9 Å². The number of nitrogens with zero attached hydrogens (tertiary/aromatic N) is 5. The lowest BCUT2D eigenvalue weighted by Gasteiger charge is -2.15. The molecule has 140 valence electrons. The number of hydrogen-bond donors (Lipinski definition) is 0. The van der Waals surface area contributed by atoms with Crippen molar-refractivity contribution >= 4 is 5.91 Å². The third kappa shape index (κ3) is 3.67. The lowest BCUT2D eigenvalue weighted by atomic mass is 10.1. The van der Waals surface area contributed by atoms with E-state index in [2.05, 4.69) is 15.2 Å². The molecular formula is C18H18FN5O3. The summed E-state index contributed by atoms with van der Waals surface area (Å²) in [5.41, 5.74) is 0.553. The van der Waals surface area contributed by atoms with Crippen LogP contribution >= 0.6 is 0 Å². The van der Waals surface area contributed by atoms with E-state index in [1.165, 1.54) is 24.3 Å². The van der Waals surface area contributed by atoms with Crippen molar-refractivity contribution in [1.82, 2.24) is 24.8 Å². The molecule has 3 heterocycles. The smallest absolute Gasteiger partial charge is 0.272 e. The molecule has 2 aromatic heterocycles. The summed E-state index contributed by atoms with van der Waals surface area (Å²) in [5.74, 6) is 1.06. The molecule has 0 spiro atoms. The number of benzene rings is 1. The lowest BCUT2D eigenvalue weighted by Crippen LogP contribution is -2.30. The minimum Gasteiger partial charge on any atom is -0.484 e. The van der Waals surface area contributed by atoms with E-state index < -0.39 is 0 Å². The first-order valence-corrected chi connectivity index (χ1v) is 8.58. The molecule has 0 radical (unpaired) electrons. The molecule has 1 aliphatic heterocycles. The van der Waals surface area contributed by atoms with Gasteiger partial charge in [-0.3, -0.25) is 9.48 Å². The number of halogens is 1. The van der Waals surface area contributed by atoms with Crippen molar-refractivity contribution in [3.63, 3.8) is 0 Å². The topological polar surface area (TPSA) is 86.3 Å². The predicted molar refractivity (Wildman–Crippen MR) is 91.5 cm³/mol. The minimum atomic E-state index is -0.325. The highest BCUT2D eigenvalue weighted by molar-refractivity contribution is 5.92. The maximum Gasteiger partial charge on any atom is 0.272 e. The molecule has 27 heavy (non-hydrogen) atoms. The Kier molecular flexibility index (Phi) is 4.57. The second-order valence-electron chi connectivity index (χ2n) is 6.37. The van der Waals surface area contributed by atoms with Crippen LogP contribution in [0.25, 0.3) is 0 Å². The average molecular weight is 371 g/mol. The number of aryl methyl sites for hydroxylation is 1. The van der Waals surface area contributed by atoms with Gasteiger partial charge in [0.05, 0.1) is 0 Å². The van der Waals surface area contributed by atoms with Gasteiger partial charge in [0.25, 0.3) is 11.8 Å².